The summed E-state index contributed by atoms with van der Waals surface area (Å²) in [5, 5.41) is 4.38. The number of aromatic nitrogens is 1. The number of carbonyl (C=O) groups excluding carboxylic acids is 1. The van der Waals surface area contributed by atoms with Crippen molar-refractivity contribution in [3.8, 4) is 0 Å². The van der Waals surface area contributed by atoms with E-state index >= 15 is 0 Å². The number of hydrogen-bond acceptors (Lipinski definition) is 6. The second-order valence-electron chi connectivity index (χ2n) is 7.99. The first kappa shape index (κ1) is 25.8. The monoisotopic (exact) mass is 544 g/mol. The van der Waals surface area contributed by atoms with Crippen molar-refractivity contribution in [2.45, 2.75) is 31.9 Å². The lowest BCUT2D eigenvalue weighted by atomic mass is 10.2. The van der Waals surface area contributed by atoms with Gasteiger partial charge in [-0.25, -0.2) is 13.2 Å². The SMILES string of the molecule is Cc1noc(C)c1COC(=O)c1cc(S(=O)(=O)N(Cc2ccccc2)c2ccc(Cl)cc2)ccc1Cl. The molecule has 0 atom stereocenters. The number of hydrogen-bond donors (Lipinski definition) is 0. The Hall–Kier alpha value is -3.33. The topological polar surface area (TPSA) is 89.7 Å². The van der Waals surface area contributed by atoms with E-state index in [0.29, 0.717) is 27.7 Å². The summed E-state index contributed by atoms with van der Waals surface area (Å²) in [5.41, 5.74) is 2.37. The molecule has 0 aliphatic carbocycles. The van der Waals surface area contributed by atoms with Crippen LogP contribution in [0.2, 0.25) is 10.0 Å². The molecule has 3 aromatic carbocycles. The average Bonchev–Trinajstić information content (AvgIpc) is 3.19. The van der Waals surface area contributed by atoms with Crippen molar-refractivity contribution in [3.05, 3.63) is 111 Å². The Kier molecular flexibility index (Phi) is 7.68. The number of aryl methyl sites for hydroxylation is 2. The van der Waals surface area contributed by atoms with Crippen molar-refractivity contribution in [2.24, 2.45) is 0 Å². The van der Waals surface area contributed by atoms with Crippen molar-refractivity contribution in [1.29, 1.82) is 0 Å². The summed E-state index contributed by atoms with van der Waals surface area (Å²) in [6.45, 7) is 3.43. The van der Waals surface area contributed by atoms with Gasteiger partial charge in [-0.1, -0.05) is 58.7 Å². The number of carbonyl (C=O) groups is 1. The number of anilines is 1. The highest BCUT2D eigenvalue weighted by molar-refractivity contribution is 7.92. The number of benzene rings is 3. The second kappa shape index (κ2) is 10.7. The molecule has 0 bridgehead atoms. The minimum Gasteiger partial charge on any atom is -0.457 e. The predicted molar refractivity (Wildman–Crippen MR) is 138 cm³/mol. The lowest BCUT2D eigenvalue weighted by molar-refractivity contribution is 0.0470. The normalized spacial score (nSPS) is 11.3. The zero-order chi connectivity index (χ0) is 25.9. The Morgan fingerprint density at radius 1 is 1.00 bits per heavy atom. The van der Waals surface area contributed by atoms with Crippen LogP contribution in [-0.2, 0) is 27.9 Å². The largest absolute Gasteiger partial charge is 0.457 e. The van der Waals surface area contributed by atoms with Crippen LogP contribution in [0.25, 0.3) is 0 Å². The molecule has 0 aliphatic rings. The predicted octanol–water partition coefficient (Wildman–Crippen LogP) is 6.35. The molecular formula is C26H22Cl2N2O5S. The Bertz CT molecular complexity index is 1470. The van der Waals surface area contributed by atoms with E-state index in [-0.39, 0.29) is 28.6 Å². The van der Waals surface area contributed by atoms with Gasteiger partial charge in [0.25, 0.3) is 10.0 Å². The van der Waals surface area contributed by atoms with Crippen LogP contribution in [0.4, 0.5) is 5.69 Å². The van der Waals surface area contributed by atoms with E-state index in [2.05, 4.69) is 5.16 Å². The molecule has 1 aromatic heterocycles. The van der Waals surface area contributed by atoms with Crippen LogP contribution in [0.1, 0.15) is 32.9 Å². The van der Waals surface area contributed by atoms with Crippen molar-refractivity contribution < 1.29 is 22.5 Å². The maximum absolute atomic E-state index is 13.8. The van der Waals surface area contributed by atoms with Gasteiger partial charge in [-0.05, 0) is 61.9 Å². The molecule has 0 fully saturated rings. The number of rotatable bonds is 8. The standard InChI is InChI=1S/C26H22Cl2N2O5S/c1-17-24(18(2)35-29-17)16-34-26(31)23-14-22(12-13-25(23)28)36(32,33)30(15-19-6-4-3-5-7-19)21-10-8-20(27)9-11-21/h3-14H,15-16H2,1-2H3. The second-order valence-corrected chi connectivity index (χ2v) is 10.7. The van der Waals surface area contributed by atoms with E-state index in [4.69, 9.17) is 32.5 Å². The van der Waals surface area contributed by atoms with Gasteiger partial charge in [-0.15, -0.1) is 0 Å². The lowest BCUT2D eigenvalue weighted by Crippen LogP contribution is -2.30. The lowest BCUT2D eigenvalue weighted by Gasteiger charge is -2.25. The summed E-state index contributed by atoms with van der Waals surface area (Å²) in [5.74, 6) is -0.236. The molecule has 0 amide bonds. The molecule has 186 valence electrons. The van der Waals surface area contributed by atoms with Gasteiger partial charge in [0.05, 0.1) is 39.0 Å². The summed E-state index contributed by atoms with van der Waals surface area (Å²) in [4.78, 5) is 12.7. The fraction of sp³-hybridized carbons (Fsp3) is 0.154. The van der Waals surface area contributed by atoms with E-state index in [9.17, 15) is 13.2 Å². The Labute approximate surface area is 219 Å². The number of sulfonamides is 1. The average molecular weight is 545 g/mol. The van der Waals surface area contributed by atoms with Crippen molar-refractivity contribution >= 4 is 44.9 Å². The third-order valence-corrected chi connectivity index (χ3v) is 7.91. The summed E-state index contributed by atoms with van der Waals surface area (Å²) >= 11 is 12.3. The molecule has 7 nitrogen and oxygen atoms in total. The van der Waals surface area contributed by atoms with E-state index in [1.54, 1.807) is 38.1 Å². The van der Waals surface area contributed by atoms with Crippen LogP contribution in [0.5, 0.6) is 0 Å². The molecule has 0 aliphatic heterocycles. The van der Waals surface area contributed by atoms with Gasteiger partial charge in [-0.3, -0.25) is 4.31 Å². The molecule has 0 N–H and O–H groups in total. The van der Waals surface area contributed by atoms with E-state index in [0.717, 1.165) is 5.56 Å². The van der Waals surface area contributed by atoms with Gasteiger partial charge in [0, 0.05) is 5.02 Å². The number of esters is 1. The highest BCUT2D eigenvalue weighted by Crippen LogP contribution is 2.30. The zero-order valence-electron chi connectivity index (χ0n) is 19.4. The van der Waals surface area contributed by atoms with Gasteiger partial charge >= 0.3 is 5.97 Å². The molecule has 0 radical (unpaired) electrons. The minimum atomic E-state index is -4.11. The third kappa shape index (κ3) is 5.56. The summed E-state index contributed by atoms with van der Waals surface area (Å²) in [7, 11) is -4.11. The molecule has 0 saturated carbocycles. The van der Waals surface area contributed by atoms with Gasteiger partial charge in [0.1, 0.15) is 12.4 Å². The molecule has 4 aromatic rings. The molecule has 4 rings (SSSR count). The van der Waals surface area contributed by atoms with Crippen molar-refractivity contribution in [2.75, 3.05) is 4.31 Å². The van der Waals surface area contributed by atoms with Crippen LogP contribution < -0.4 is 4.31 Å². The first-order valence-electron chi connectivity index (χ1n) is 10.9. The number of ether oxygens (including phenoxy) is 1. The Balaban J connectivity index is 1.67. The molecular weight excluding hydrogens is 523 g/mol. The van der Waals surface area contributed by atoms with Crippen LogP contribution in [0.15, 0.2) is 82.2 Å². The highest BCUT2D eigenvalue weighted by Gasteiger charge is 2.27. The molecule has 1 heterocycles. The molecule has 0 unspecified atom stereocenters. The van der Waals surface area contributed by atoms with Crippen LogP contribution >= 0.6 is 23.2 Å². The Morgan fingerprint density at radius 2 is 1.69 bits per heavy atom. The minimum absolute atomic E-state index is 0.0683. The molecule has 0 spiro atoms. The quantitative estimate of drug-likeness (QED) is 0.240. The highest BCUT2D eigenvalue weighted by atomic mass is 35.5. The van der Waals surface area contributed by atoms with E-state index in [1.807, 2.05) is 30.3 Å². The fourth-order valence-corrected chi connectivity index (χ4v) is 5.34. The van der Waals surface area contributed by atoms with Crippen molar-refractivity contribution in [3.63, 3.8) is 0 Å². The first-order chi connectivity index (χ1) is 17.2. The zero-order valence-corrected chi connectivity index (χ0v) is 21.8. The Morgan fingerprint density at radius 3 is 2.33 bits per heavy atom. The maximum atomic E-state index is 13.8. The van der Waals surface area contributed by atoms with E-state index < -0.39 is 16.0 Å². The number of halogens is 2. The number of nitrogens with zero attached hydrogens (tertiary/aromatic N) is 2. The summed E-state index contributed by atoms with van der Waals surface area (Å²) < 4.78 is 39.4. The van der Waals surface area contributed by atoms with Crippen molar-refractivity contribution in [1.82, 2.24) is 5.16 Å². The first-order valence-corrected chi connectivity index (χ1v) is 13.1. The van der Waals surface area contributed by atoms with Gasteiger partial charge in [0.15, 0.2) is 0 Å². The van der Waals surface area contributed by atoms with Gasteiger partial charge in [0.2, 0.25) is 0 Å². The van der Waals surface area contributed by atoms with Crippen LogP contribution in [0.3, 0.4) is 0 Å². The summed E-state index contributed by atoms with van der Waals surface area (Å²) in [6.07, 6.45) is 0. The molecule has 10 heteroatoms. The third-order valence-electron chi connectivity index (χ3n) is 5.56. The fourth-order valence-electron chi connectivity index (χ4n) is 3.54. The maximum Gasteiger partial charge on any atom is 0.340 e. The molecule has 36 heavy (non-hydrogen) atoms. The van der Waals surface area contributed by atoms with Gasteiger partial charge < -0.3 is 9.26 Å². The van der Waals surface area contributed by atoms with Crippen LogP contribution in [0, 0.1) is 13.8 Å². The van der Waals surface area contributed by atoms with Crippen LogP contribution in [-0.4, -0.2) is 19.5 Å². The molecule has 0 saturated heterocycles. The summed E-state index contributed by atoms with van der Waals surface area (Å²) in [6, 6.07) is 19.6. The van der Waals surface area contributed by atoms with Gasteiger partial charge in [-0.2, -0.15) is 0 Å². The van der Waals surface area contributed by atoms with E-state index in [1.165, 1.54) is 22.5 Å². The smallest absolute Gasteiger partial charge is 0.340 e.